The molecule has 2 heterocycles. The van der Waals surface area contributed by atoms with E-state index in [1.165, 1.54) is 16.8 Å². The largest absolute Gasteiger partial charge is 0.337 e. The molecule has 1 N–H and O–H groups in total. The lowest BCUT2D eigenvalue weighted by Gasteiger charge is -2.15. The summed E-state index contributed by atoms with van der Waals surface area (Å²) in [7, 11) is 1.92. The second-order valence-corrected chi connectivity index (χ2v) is 5.59. The Bertz CT molecular complexity index is 670. The van der Waals surface area contributed by atoms with Crippen LogP contribution in [0.15, 0.2) is 36.5 Å². The van der Waals surface area contributed by atoms with E-state index in [2.05, 4.69) is 10.4 Å². The van der Waals surface area contributed by atoms with Gasteiger partial charge in [0.05, 0.1) is 5.69 Å². The van der Waals surface area contributed by atoms with Crippen molar-refractivity contribution in [1.29, 1.82) is 0 Å². The van der Waals surface area contributed by atoms with Crippen molar-refractivity contribution in [1.82, 2.24) is 20.0 Å². The Hall–Kier alpha value is -2.21. The van der Waals surface area contributed by atoms with E-state index >= 15 is 0 Å². The van der Waals surface area contributed by atoms with E-state index in [0.29, 0.717) is 17.3 Å². The topological polar surface area (TPSA) is 50.2 Å². The maximum Gasteiger partial charge on any atom is 0.274 e. The number of halogens is 1. The third kappa shape index (κ3) is 3.01. The number of hydrogen-bond acceptors (Lipinski definition) is 3. The lowest BCUT2D eigenvalue weighted by Crippen LogP contribution is -2.30. The molecule has 0 radical (unpaired) electrons. The molecule has 0 saturated carbocycles. The van der Waals surface area contributed by atoms with Gasteiger partial charge in [-0.05, 0) is 50.2 Å². The highest BCUT2D eigenvalue weighted by molar-refractivity contribution is 5.92. The van der Waals surface area contributed by atoms with Crippen molar-refractivity contribution in [3.8, 4) is 5.69 Å². The van der Waals surface area contributed by atoms with Crippen LogP contribution in [0.2, 0.25) is 0 Å². The Morgan fingerprint density at radius 2 is 2.32 bits per heavy atom. The maximum atomic E-state index is 13.3. The van der Waals surface area contributed by atoms with Gasteiger partial charge in [0.25, 0.3) is 5.91 Å². The number of nitrogens with one attached hydrogen (secondary N) is 1. The van der Waals surface area contributed by atoms with E-state index in [1.54, 1.807) is 24.4 Å². The molecule has 1 saturated heterocycles. The van der Waals surface area contributed by atoms with Crippen molar-refractivity contribution in [2.75, 3.05) is 26.7 Å². The first-order valence-electron chi connectivity index (χ1n) is 7.43. The van der Waals surface area contributed by atoms with Gasteiger partial charge in [0.1, 0.15) is 5.82 Å². The Kier molecular flexibility index (Phi) is 4.20. The summed E-state index contributed by atoms with van der Waals surface area (Å²) in [5.74, 6) is 0.114. The number of amides is 1. The third-order valence-electron chi connectivity index (χ3n) is 3.95. The SMILES string of the molecule is CNCC1CCN(C(=O)c2ccn(-c3cccc(F)c3)n2)C1. The smallest absolute Gasteiger partial charge is 0.274 e. The van der Waals surface area contributed by atoms with Gasteiger partial charge in [0.15, 0.2) is 5.69 Å². The van der Waals surface area contributed by atoms with Gasteiger partial charge in [-0.25, -0.2) is 9.07 Å². The van der Waals surface area contributed by atoms with Crippen LogP contribution in [-0.2, 0) is 0 Å². The highest BCUT2D eigenvalue weighted by Gasteiger charge is 2.27. The number of carbonyl (C=O) groups is 1. The predicted octanol–water partition coefficient (Wildman–Crippen LogP) is 1.69. The summed E-state index contributed by atoms with van der Waals surface area (Å²) in [6.07, 6.45) is 2.69. The number of nitrogens with zero attached hydrogens (tertiary/aromatic N) is 3. The Labute approximate surface area is 128 Å². The molecular formula is C16H19FN4O. The molecule has 1 amide bonds. The third-order valence-corrected chi connectivity index (χ3v) is 3.95. The average Bonchev–Trinajstić information content (AvgIpc) is 3.16. The lowest BCUT2D eigenvalue weighted by molar-refractivity contribution is 0.0781. The Balaban J connectivity index is 1.72. The van der Waals surface area contributed by atoms with Crippen LogP contribution in [0.5, 0.6) is 0 Å². The minimum absolute atomic E-state index is 0.0613. The highest BCUT2D eigenvalue weighted by atomic mass is 19.1. The molecule has 0 aliphatic carbocycles. The van der Waals surface area contributed by atoms with Crippen LogP contribution in [-0.4, -0.2) is 47.3 Å². The molecule has 5 nitrogen and oxygen atoms in total. The molecule has 2 aromatic rings. The fourth-order valence-electron chi connectivity index (χ4n) is 2.83. The molecule has 1 aromatic heterocycles. The minimum atomic E-state index is -0.324. The predicted molar refractivity (Wildman–Crippen MR) is 81.5 cm³/mol. The fraction of sp³-hybridized carbons (Fsp3) is 0.375. The van der Waals surface area contributed by atoms with Crippen LogP contribution in [0.3, 0.4) is 0 Å². The van der Waals surface area contributed by atoms with Crippen molar-refractivity contribution in [2.45, 2.75) is 6.42 Å². The summed E-state index contributed by atoms with van der Waals surface area (Å²) < 4.78 is 14.8. The molecule has 1 unspecified atom stereocenters. The first kappa shape index (κ1) is 14.7. The molecule has 1 aromatic carbocycles. The Morgan fingerprint density at radius 3 is 3.09 bits per heavy atom. The summed E-state index contributed by atoms with van der Waals surface area (Å²) >= 11 is 0. The summed E-state index contributed by atoms with van der Waals surface area (Å²) in [5.41, 5.74) is 1.00. The summed E-state index contributed by atoms with van der Waals surface area (Å²) in [6, 6.07) is 7.82. The first-order chi connectivity index (χ1) is 10.7. The number of likely N-dealkylation sites (tertiary alicyclic amines) is 1. The molecule has 3 rings (SSSR count). The molecule has 1 aliphatic heterocycles. The van der Waals surface area contributed by atoms with Gasteiger partial charge >= 0.3 is 0 Å². The molecule has 1 fully saturated rings. The molecule has 1 aliphatic rings. The van der Waals surface area contributed by atoms with Gasteiger partial charge in [-0.15, -0.1) is 0 Å². The van der Waals surface area contributed by atoms with E-state index in [-0.39, 0.29) is 11.7 Å². The zero-order valence-corrected chi connectivity index (χ0v) is 12.5. The maximum absolute atomic E-state index is 13.3. The van der Waals surface area contributed by atoms with E-state index in [4.69, 9.17) is 0 Å². The van der Waals surface area contributed by atoms with Gasteiger partial charge in [-0.1, -0.05) is 6.07 Å². The minimum Gasteiger partial charge on any atom is -0.337 e. The molecule has 6 heteroatoms. The number of benzene rings is 1. The summed E-state index contributed by atoms with van der Waals surface area (Å²) in [5, 5.41) is 7.43. The molecular weight excluding hydrogens is 283 g/mol. The summed E-state index contributed by atoms with van der Waals surface area (Å²) in [6.45, 7) is 2.44. The van der Waals surface area contributed by atoms with E-state index in [1.807, 2.05) is 11.9 Å². The van der Waals surface area contributed by atoms with Gasteiger partial charge in [0.2, 0.25) is 0 Å². The first-order valence-corrected chi connectivity index (χ1v) is 7.43. The highest BCUT2D eigenvalue weighted by Crippen LogP contribution is 2.18. The van der Waals surface area contributed by atoms with Crippen LogP contribution in [0.1, 0.15) is 16.9 Å². The average molecular weight is 302 g/mol. The second-order valence-electron chi connectivity index (χ2n) is 5.59. The van der Waals surface area contributed by atoms with Crippen LogP contribution in [0, 0.1) is 11.7 Å². The van der Waals surface area contributed by atoms with Crippen LogP contribution >= 0.6 is 0 Å². The van der Waals surface area contributed by atoms with Gasteiger partial charge < -0.3 is 10.2 Å². The zero-order chi connectivity index (χ0) is 15.5. The normalized spacial score (nSPS) is 17.9. The van der Waals surface area contributed by atoms with Crippen molar-refractivity contribution in [3.63, 3.8) is 0 Å². The van der Waals surface area contributed by atoms with E-state index in [9.17, 15) is 9.18 Å². The zero-order valence-electron chi connectivity index (χ0n) is 12.5. The van der Waals surface area contributed by atoms with Crippen molar-refractivity contribution < 1.29 is 9.18 Å². The number of rotatable bonds is 4. The second kappa shape index (κ2) is 6.27. The number of carbonyl (C=O) groups excluding carboxylic acids is 1. The van der Waals surface area contributed by atoms with Crippen molar-refractivity contribution in [2.24, 2.45) is 5.92 Å². The van der Waals surface area contributed by atoms with Gasteiger partial charge in [0, 0.05) is 19.3 Å². The molecule has 1 atom stereocenters. The monoisotopic (exact) mass is 302 g/mol. The molecule has 0 spiro atoms. The number of aromatic nitrogens is 2. The standard InChI is InChI=1S/C16H19FN4O/c1-18-10-12-5-7-20(11-12)16(22)15-6-8-21(19-15)14-4-2-3-13(17)9-14/h2-4,6,8-9,12,18H,5,7,10-11H2,1H3. The van der Waals surface area contributed by atoms with Gasteiger partial charge in [-0.3, -0.25) is 4.79 Å². The van der Waals surface area contributed by atoms with E-state index < -0.39 is 0 Å². The van der Waals surface area contributed by atoms with Gasteiger partial charge in [-0.2, -0.15) is 5.10 Å². The van der Waals surface area contributed by atoms with Crippen LogP contribution in [0.4, 0.5) is 4.39 Å². The number of hydrogen-bond donors (Lipinski definition) is 1. The molecule has 22 heavy (non-hydrogen) atoms. The Morgan fingerprint density at radius 1 is 1.45 bits per heavy atom. The lowest BCUT2D eigenvalue weighted by atomic mass is 10.1. The summed E-state index contributed by atoms with van der Waals surface area (Å²) in [4.78, 5) is 14.3. The van der Waals surface area contributed by atoms with E-state index in [0.717, 1.165) is 26.1 Å². The van der Waals surface area contributed by atoms with Crippen LogP contribution < -0.4 is 5.32 Å². The quantitative estimate of drug-likeness (QED) is 0.935. The fourth-order valence-corrected chi connectivity index (χ4v) is 2.83. The molecule has 116 valence electrons. The van der Waals surface area contributed by atoms with Crippen molar-refractivity contribution >= 4 is 5.91 Å². The van der Waals surface area contributed by atoms with Crippen LogP contribution in [0.25, 0.3) is 5.69 Å². The van der Waals surface area contributed by atoms with Crippen molar-refractivity contribution in [3.05, 3.63) is 48.0 Å². The molecule has 0 bridgehead atoms.